The molecule has 0 aliphatic rings. The van der Waals surface area contributed by atoms with Gasteiger partial charge in [0.1, 0.15) is 5.82 Å². The zero-order chi connectivity index (χ0) is 17.9. The Morgan fingerprint density at radius 2 is 2.21 bits per heavy atom. The van der Waals surface area contributed by atoms with Crippen LogP contribution < -0.4 is 10.8 Å². The highest BCUT2D eigenvalue weighted by Gasteiger charge is 2.25. The van der Waals surface area contributed by atoms with E-state index in [1.807, 2.05) is 13.8 Å². The Labute approximate surface area is 141 Å². The first-order chi connectivity index (χ1) is 11.3. The topological polar surface area (TPSA) is 118 Å². The molecule has 128 valence electrons. The number of nitrogens with zero attached hydrogens (tertiary/aromatic N) is 3. The molecule has 0 atom stereocenters. The quantitative estimate of drug-likeness (QED) is 0.491. The zero-order valence-corrected chi connectivity index (χ0v) is 13.7. The number of rotatable bonds is 4. The van der Waals surface area contributed by atoms with Crippen molar-refractivity contribution in [2.75, 3.05) is 10.8 Å². The van der Waals surface area contributed by atoms with Crippen LogP contribution >= 0.6 is 11.6 Å². The van der Waals surface area contributed by atoms with Gasteiger partial charge in [0.2, 0.25) is 0 Å². The molecule has 8 nitrogen and oxygen atoms in total. The lowest BCUT2D eigenvalue weighted by Crippen LogP contribution is -2.34. The molecule has 0 amide bonds. The number of hydrogen-bond acceptors (Lipinski definition) is 7. The summed E-state index contributed by atoms with van der Waals surface area (Å²) in [5.74, 6) is -1.76. The third kappa shape index (κ3) is 3.99. The fraction of sp³-hybridized carbons (Fsp3) is 0.286. The average Bonchev–Trinajstić information content (AvgIpc) is 2.92. The molecule has 3 N–H and O–H groups in total. The number of benzene rings is 1. The van der Waals surface area contributed by atoms with Crippen LogP contribution in [0.25, 0.3) is 0 Å². The highest BCUT2D eigenvalue weighted by atomic mass is 35.5. The Balaban J connectivity index is 2.37. The fourth-order valence-corrected chi connectivity index (χ4v) is 1.94. The molecule has 0 saturated heterocycles. The van der Waals surface area contributed by atoms with Crippen LogP contribution in [0.1, 0.15) is 26.0 Å². The summed E-state index contributed by atoms with van der Waals surface area (Å²) in [5.41, 5.74) is 5.57. The normalized spacial score (nSPS) is 10.7. The van der Waals surface area contributed by atoms with Gasteiger partial charge in [-0.25, -0.2) is 13.8 Å². The number of carbonyl (C=O) groups is 1. The van der Waals surface area contributed by atoms with E-state index < -0.39 is 17.6 Å². The largest absolute Gasteiger partial charge is 0.379 e. The number of nitrogens with one attached hydrogen (secondary N) is 1. The van der Waals surface area contributed by atoms with Gasteiger partial charge in [0.25, 0.3) is 0 Å². The number of halogens is 2. The van der Waals surface area contributed by atoms with E-state index in [9.17, 15) is 9.18 Å². The molecule has 24 heavy (non-hydrogen) atoms. The molecule has 2 aromatic rings. The predicted octanol–water partition coefficient (Wildman–Crippen LogP) is 2.78. The second kappa shape index (κ2) is 7.26. The van der Waals surface area contributed by atoms with E-state index in [-0.39, 0.29) is 34.6 Å². The third-order valence-corrected chi connectivity index (χ3v) is 3.14. The molecule has 1 heterocycles. The van der Waals surface area contributed by atoms with E-state index in [1.165, 1.54) is 12.1 Å². The predicted molar refractivity (Wildman–Crippen MR) is 85.0 cm³/mol. The van der Waals surface area contributed by atoms with Crippen molar-refractivity contribution >= 4 is 34.9 Å². The highest BCUT2D eigenvalue weighted by molar-refractivity contribution is 6.31. The molecule has 0 radical (unpaired) electrons. The lowest BCUT2D eigenvalue weighted by atomic mass is 10.1. The van der Waals surface area contributed by atoms with Crippen molar-refractivity contribution in [1.29, 1.82) is 5.41 Å². The monoisotopic (exact) mass is 355 g/mol. The van der Waals surface area contributed by atoms with E-state index in [0.29, 0.717) is 0 Å². The van der Waals surface area contributed by atoms with Gasteiger partial charge in [-0.3, -0.25) is 5.41 Å². The third-order valence-electron chi connectivity index (χ3n) is 2.85. The van der Waals surface area contributed by atoms with Gasteiger partial charge in [0.15, 0.2) is 17.3 Å². The Hall–Kier alpha value is -2.68. The molecule has 0 spiro atoms. The van der Waals surface area contributed by atoms with Gasteiger partial charge in [-0.1, -0.05) is 25.4 Å². The maximum absolute atomic E-state index is 13.4. The Morgan fingerprint density at radius 1 is 1.50 bits per heavy atom. The number of carbonyl (C=O) groups excluding carboxylic acids is 1. The van der Waals surface area contributed by atoms with Gasteiger partial charge in [-0.15, -0.1) is 0 Å². The Kier molecular flexibility index (Phi) is 5.35. The van der Waals surface area contributed by atoms with Crippen LogP contribution in [0.5, 0.6) is 0 Å². The SMILES string of the molecule is CC(C)CC(=O)ON(C(=N)c1nonc1N)c1ccc(F)c(Cl)c1. The van der Waals surface area contributed by atoms with Crippen LogP contribution in [0.4, 0.5) is 15.9 Å². The number of hydrogen-bond donors (Lipinski definition) is 2. The maximum atomic E-state index is 13.4. The Bertz CT molecular complexity index is 765. The average molecular weight is 356 g/mol. The molecule has 0 saturated carbocycles. The molecule has 0 fully saturated rings. The van der Waals surface area contributed by atoms with Crippen LogP contribution in [0.3, 0.4) is 0 Å². The van der Waals surface area contributed by atoms with E-state index in [1.54, 1.807) is 0 Å². The van der Waals surface area contributed by atoms with Crippen LogP contribution in [0.15, 0.2) is 22.8 Å². The number of nitrogens with two attached hydrogens (primary N) is 1. The second-order valence-corrected chi connectivity index (χ2v) is 5.71. The minimum atomic E-state index is -0.650. The number of aromatic nitrogens is 2. The van der Waals surface area contributed by atoms with Crippen LogP contribution in [0, 0.1) is 17.1 Å². The number of anilines is 2. The van der Waals surface area contributed by atoms with Crippen molar-refractivity contribution in [2.24, 2.45) is 5.92 Å². The number of amidine groups is 1. The molecule has 0 bridgehead atoms. The van der Waals surface area contributed by atoms with Crippen molar-refractivity contribution in [1.82, 2.24) is 10.3 Å². The van der Waals surface area contributed by atoms with Crippen molar-refractivity contribution < 1.29 is 18.7 Å². The minimum Gasteiger partial charge on any atom is -0.379 e. The molecule has 1 aromatic carbocycles. The van der Waals surface area contributed by atoms with Crippen LogP contribution in [-0.2, 0) is 9.63 Å². The lowest BCUT2D eigenvalue weighted by molar-refractivity contribution is -0.144. The summed E-state index contributed by atoms with van der Waals surface area (Å²) in [6.07, 6.45) is 0.116. The van der Waals surface area contributed by atoms with Crippen molar-refractivity contribution in [3.05, 3.63) is 34.7 Å². The minimum absolute atomic E-state index is 0.0455. The molecular formula is C14H15ClFN5O3. The fourth-order valence-electron chi connectivity index (χ4n) is 1.77. The smallest absolute Gasteiger partial charge is 0.333 e. The Morgan fingerprint density at radius 3 is 2.75 bits per heavy atom. The molecule has 0 unspecified atom stereocenters. The first-order valence-electron chi connectivity index (χ1n) is 6.92. The van der Waals surface area contributed by atoms with Crippen molar-refractivity contribution in [3.8, 4) is 0 Å². The van der Waals surface area contributed by atoms with Crippen molar-refractivity contribution in [2.45, 2.75) is 20.3 Å². The number of nitrogen functional groups attached to an aromatic ring is 1. The molecular weight excluding hydrogens is 341 g/mol. The summed E-state index contributed by atoms with van der Waals surface area (Å²) < 4.78 is 17.8. The summed E-state index contributed by atoms with van der Waals surface area (Å²) >= 11 is 5.76. The summed E-state index contributed by atoms with van der Waals surface area (Å²) in [5, 5.41) is 15.7. The summed E-state index contributed by atoms with van der Waals surface area (Å²) in [7, 11) is 0. The molecule has 2 rings (SSSR count). The van der Waals surface area contributed by atoms with E-state index in [4.69, 9.17) is 27.6 Å². The van der Waals surface area contributed by atoms with E-state index in [2.05, 4.69) is 14.9 Å². The summed E-state index contributed by atoms with van der Waals surface area (Å²) in [4.78, 5) is 17.2. The van der Waals surface area contributed by atoms with Gasteiger partial charge >= 0.3 is 5.97 Å². The lowest BCUT2D eigenvalue weighted by Gasteiger charge is -2.23. The first kappa shape index (κ1) is 17.7. The maximum Gasteiger partial charge on any atom is 0.333 e. The van der Waals surface area contributed by atoms with Gasteiger partial charge in [-0.05, 0) is 34.4 Å². The molecule has 1 aromatic heterocycles. The van der Waals surface area contributed by atoms with E-state index >= 15 is 0 Å². The van der Waals surface area contributed by atoms with Gasteiger partial charge in [-0.2, -0.15) is 5.06 Å². The van der Waals surface area contributed by atoms with Crippen LogP contribution in [-0.4, -0.2) is 22.1 Å². The molecule has 10 heteroatoms. The van der Waals surface area contributed by atoms with Gasteiger partial charge in [0, 0.05) is 0 Å². The van der Waals surface area contributed by atoms with E-state index in [0.717, 1.165) is 11.1 Å². The van der Waals surface area contributed by atoms with Gasteiger partial charge in [0.05, 0.1) is 17.1 Å². The number of hydroxylamine groups is 1. The van der Waals surface area contributed by atoms with Gasteiger partial charge < -0.3 is 10.6 Å². The first-order valence-corrected chi connectivity index (χ1v) is 7.30. The zero-order valence-electron chi connectivity index (χ0n) is 12.9. The molecule has 0 aliphatic heterocycles. The van der Waals surface area contributed by atoms with Crippen LogP contribution in [0.2, 0.25) is 5.02 Å². The second-order valence-electron chi connectivity index (χ2n) is 5.30. The van der Waals surface area contributed by atoms with Crippen molar-refractivity contribution in [3.63, 3.8) is 0 Å². The highest BCUT2D eigenvalue weighted by Crippen LogP contribution is 2.25. The standard InChI is InChI=1S/C14H15ClFN5O3/c1-7(2)5-11(22)23-21(8-3-4-10(16)9(15)6-8)14(18)12-13(17)20-24-19-12/h3-4,6-7,18H,5H2,1-2H3,(H2,17,20). The summed E-state index contributed by atoms with van der Waals surface area (Å²) in [6, 6.07) is 3.58. The molecule has 0 aliphatic carbocycles. The summed E-state index contributed by atoms with van der Waals surface area (Å²) in [6.45, 7) is 3.68.